The van der Waals surface area contributed by atoms with Gasteiger partial charge < -0.3 is 14.5 Å². The third-order valence-electron chi connectivity index (χ3n) is 3.98. The minimum atomic E-state index is 0.380. The van der Waals surface area contributed by atoms with Crippen molar-refractivity contribution >= 4 is 0 Å². The lowest BCUT2D eigenvalue weighted by Gasteiger charge is -2.24. The van der Waals surface area contributed by atoms with Crippen LogP contribution in [0.3, 0.4) is 0 Å². The maximum Gasteiger partial charge on any atom is 0.106 e. The van der Waals surface area contributed by atoms with Crippen LogP contribution < -0.4 is 5.32 Å². The number of rotatable bonds is 5. The molecule has 1 aromatic heterocycles. The first-order valence-electron chi connectivity index (χ1n) is 7.02. The van der Waals surface area contributed by atoms with Gasteiger partial charge in [0.05, 0.1) is 6.61 Å². The van der Waals surface area contributed by atoms with E-state index in [4.69, 9.17) is 9.15 Å². The Bertz CT molecular complexity index is 391. The summed E-state index contributed by atoms with van der Waals surface area (Å²) in [5.41, 5.74) is 2.66. The third-order valence-corrected chi connectivity index (χ3v) is 3.98. The zero-order valence-electron chi connectivity index (χ0n) is 12.0. The Morgan fingerprint density at radius 1 is 1.28 bits per heavy atom. The number of aryl methyl sites for hydroxylation is 2. The fraction of sp³-hybridized carbons (Fsp3) is 0.733. The molecule has 1 aliphatic heterocycles. The van der Waals surface area contributed by atoms with Crippen LogP contribution in [0.2, 0.25) is 0 Å². The molecule has 2 rings (SSSR count). The molecule has 1 saturated heterocycles. The van der Waals surface area contributed by atoms with Crippen molar-refractivity contribution in [3.63, 3.8) is 0 Å². The normalized spacial score (nSPS) is 21.4. The van der Waals surface area contributed by atoms with Crippen molar-refractivity contribution in [3.05, 3.63) is 22.6 Å². The second kappa shape index (κ2) is 5.89. The lowest BCUT2D eigenvalue weighted by atomic mass is 9.90. The summed E-state index contributed by atoms with van der Waals surface area (Å²) in [5, 5.41) is 3.68. The molecule has 0 aliphatic carbocycles. The van der Waals surface area contributed by atoms with Gasteiger partial charge in [0.2, 0.25) is 0 Å². The lowest BCUT2D eigenvalue weighted by Crippen LogP contribution is -2.30. The van der Waals surface area contributed by atoms with Gasteiger partial charge >= 0.3 is 0 Å². The molecule has 1 aliphatic rings. The predicted molar refractivity (Wildman–Crippen MR) is 72.9 cm³/mol. The van der Waals surface area contributed by atoms with Crippen LogP contribution in [0.1, 0.15) is 48.5 Å². The van der Waals surface area contributed by atoms with Gasteiger partial charge in [0.25, 0.3) is 0 Å². The molecule has 3 nitrogen and oxygen atoms in total. The van der Waals surface area contributed by atoms with Crippen LogP contribution in [0.4, 0.5) is 0 Å². The van der Waals surface area contributed by atoms with E-state index in [1.54, 1.807) is 0 Å². The van der Waals surface area contributed by atoms with E-state index < -0.39 is 0 Å². The van der Waals surface area contributed by atoms with Gasteiger partial charge in [-0.1, -0.05) is 6.92 Å². The summed E-state index contributed by atoms with van der Waals surface area (Å²) in [4.78, 5) is 0. The van der Waals surface area contributed by atoms with Crippen LogP contribution >= 0.6 is 0 Å². The number of ether oxygens (including phenoxy) is 1. The molecule has 1 N–H and O–H groups in total. The van der Waals surface area contributed by atoms with E-state index in [-0.39, 0.29) is 0 Å². The Morgan fingerprint density at radius 3 is 2.56 bits per heavy atom. The zero-order chi connectivity index (χ0) is 13.1. The molecule has 0 radical (unpaired) electrons. The second-order valence-electron chi connectivity index (χ2n) is 5.31. The summed E-state index contributed by atoms with van der Waals surface area (Å²) in [7, 11) is 0. The van der Waals surface area contributed by atoms with E-state index in [0.717, 1.165) is 44.1 Å². The van der Waals surface area contributed by atoms with Crippen molar-refractivity contribution in [2.24, 2.45) is 5.92 Å². The van der Waals surface area contributed by atoms with Gasteiger partial charge in [-0.2, -0.15) is 0 Å². The minimum absolute atomic E-state index is 0.380. The van der Waals surface area contributed by atoms with Gasteiger partial charge in [-0.25, -0.2) is 0 Å². The summed E-state index contributed by atoms with van der Waals surface area (Å²) < 4.78 is 11.3. The van der Waals surface area contributed by atoms with E-state index >= 15 is 0 Å². The number of hydrogen-bond acceptors (Lipinski definition) is 3. The molecule has 0 bridgehead atoms. The SMILES string of the molecule is CCCNC(c1c(C)oc(C)c1C)C1CCOC1. The molecule has 2 atom stereocenters. The van der Waals surface area contributed by atoms with Crippen molar-refractivity contribution in [1.82, 2.24) is 5.32 Å². The lowest BCUT2D eigenvalue weighted by molar-refractivity contribution is 0.176. The zero-order valence-corrected chi connectivity index (χ0v) is 12.0. The Kier molecular flexibility index (Phi) is 4.46. The quantitative estimate of drug-likeness (QED) is 0.872. The van der Waals surface area contributed by atoms with Gasteiger partial charge in [-0.05, 0) is 45.7 Å². The molecule has 2 unspecified atom stereocenters. The van der Waals surface area contributed by atoms with Gasteiger partial charge in [-0.3, -0.25) is 0 Å². The minimum Gasteiger partial charge on any atom is -0.466 e. The Balaban J connectivity index is 2.26. The molecular weight excluding hydrogens is 226 g/mol. The van der Waals surface area contributed by atoms with Crippen molar-refractivity contribution < 1.29 is 9.15 Å². The van der Waals surface area contributed by atoms with E-state index in [9.17, 15) is 0 Å². The monoisotopic (exact) mass is 251 g/mol. The summed E-state index contributed by atoms with van der Waals surface area (Å²) >= 11 is 0. The summed E-state index contributed by atoms with van der Waals surface area (Å²) in [6.07, 6.45) is 2.30. The smallest absolute Gasteiger partial charge is 0.106 e. The van der Waals surface area contributed by atoms with Crippen molar-refractivity contribution in [1.29, 1.82) is 0 Å². The molecule has 18 heavy (non-hydrogen) atoms. The topological polar surface area (TPSA) is 34.4 Å². The molecule has 3 heteroatoms. The summed E-state index contributed by atoms with van der Waals surface area (Å²) in [5.74, 6) is 2.68. The molecule has 1 aromatic rings. The van der Waals surface area contributed by atoms with Gasteiger partial charge in [0, 0.05) is 24.1 Å². The number of furan rings is 1. The van der Waals surface area contributed by atoms with E-state index in [1.807, 2.05) is 6.92 Å². The van der Waals surface area contributed by atoms with E-state index in [1.165, 1.54) is 11.1 Å². The standard InChI is InChI=1S/C15H25NO2/c1-5-7-16-15(13-6-8-17-9-13)14-10(2)11(3)18-12(14)4/h13,15-16H,5-9H2,1-4H3. The fourth-order valence-corrected chi connectivity index (χ4v) is 2.89. The average Bonchev–Trinajstić information content (AvgIpc) is 2.93. The van der Waals surface area contributed by atoms with Gasteiger partial charge in [0.15, 0.2) is 0 Å². The first-order chi connectivity index (χ1) is 8.65. The van der Waals surface area contributed by atoms with Crippen LogP contribution in [0.15, 0.2) is 4.42 Å². The van der Waals surface area contributed by atoms with Gasteiger partial charge in [0.1, 0.15) is 11.5 Å². The number of nitrogens with one attached hydrogen (secondary N) is 1. The van der Waals surface area contributed by atoms with Gasteiger partial charge in [-0.15, -0.1) is 0 Å². The molecule has 0 amide bonds. The van der Waals surface area contributed by atoms with Crippen LogP contribution in [0, 0.1) is 26.7 Å². The molecular formula is C15H25NO2. The van der Waals surface area contributed by atoms with E-state index in [0.29, 0.717) is 12.0 Å². The predicted octanol–water partition coefficient (Wildman–Crippen LogP) is 3.28. The molecule has 0 spiro atoms. The molecule has 0 aromatic carbocycles. The van der Waals surface area contributed by atoms with Crippen LogP contribution in [-0.2, 0) is 4.74 Å². The number of hydrogen-bond donors (Lipinski definition) is 1. The first kappa shape index (κ1) is 13.6. The Morgan fingerprint density at radius 2 is 2.06 bits per heavy atom. The van der Waals surface area contributed by atoms with Crippen LogP contribution in [0.25, 0.3) is 0 Å². The highest BCUT2D eigenvalue weighted by Crippen LogP contribution is 2.35. The third kappa shape index (κ3) is 2.62. The van der Waals surface area contributed by atoms with E-state index in [2.05, 4.69) is 26.1 Å². The largest absolute Gasteiger partial charge is 0.466 e. The molecule has 1 fully saturated rings. The highest BCUT2D eigenvalue weighted by molar-refractivity contribution is 5.34. The summed E-state index contributed by atoms with van der Waals surface area (Å²) in [6.45, 7) is 11.3. The van der Waals surface area contributed by atoms with Crippen molar-refractivity contribution in [2.75, 3.05) is 19.8 Å². The molecule has 2 heterocycles. The fourth-order valence-electron chi connectivity index (χ4n) is 2.89. The average molecular weight is 251 g/mol. The second-order valence-corrected chi connectivity index (χ2v) is 5.31. The molecule has 102 valence electrons. The summed E-state index contributed by atoms with van der Waals surface area (Å²) in [6, 6.07) is 0.380. The first-order valence-corrected chi connectivity index (χ1v) is 7.02. The maximum atomic E-state index is 5.78. The van der Waals surface area contributed by atoms with Crippen LogP contribution in [-0.4, -0.2) is 19.8 Å². The van der Waals surface area contributed by atoms with Crippen molar-refractivity contribution in [3.8, 4) is 0 Å². The molecule has 0 saturated carbocycles. The highest BCUT2D eigenvalue weighted by Gasteiger charge is 2.30. The van der Waals surface area contributed by atoms with Crippen molar-refractivity contribution in [2.45, 2.75) is 46.6 Å². The van der Waals surface area contributed by atoms with Crippen LogP contribution in [0.5, 0.6) is 0 Å². The Hall–Kier alpha value is -0.800. The Labute approximate surface area is 110 Å². The highest BCUT2D eigenvalue weighted by atomic mass is 16.5. The maximum absolute atomic E-state index is 5.78.